The Morgan fingerprint density at radius 3 is 2.86 bits per heavy atom. The number of ether oxygens (including phenoxy) is 1. The van der Waals surface area contributed by atoms with Gasteiger partial charge in [0.1, 0.15) is 16.9 Å². The molecular weight excluding hydrogens is 278 g/mol. The van der Waals surface area contributed by atoms with Gasteiger partial charge in [0.25, 0.3) is 0 Å². The largest absolute Gasteiger partial charge is 0.497 e. The van der Waals surface area contributed by atoms with E-state index in [1.165, 1.54) is 11.1 Å². The zero-order chi connectivity index (χ0) is 15.5. The van der Waals surface area contributed by atoms with Crippen LogP contribution in [0.3, 0.4) is 0 Å². The van der Waals surface area contributed by atoms with Gasteiger partial charge in [-0.25, -0.2) is 0 Å². The van der Waals surface area contributed by atoms with Crippen LogP contribution >= 0.6 is 0 Å². The number of methoxy groups -OCH3 is 1. The number of hydrogen-bond acceptors (Lipinski definition) is 3. The summed E-state index contributed by atoms with van der Waals surface area (Å²) in [6, 6.07) is 6.26. The zero-order valence-corrected chi connectivity index (χ0v) is 13.1. The zero-order valence-electron chi connectivity index (χ0n) is 13.1. The molecule has 2 bridgehead atoms. The van der Waals surface area contributed by atoms with Crippen LogP contribution in [0.5, 0.6) is 5.75 Å². The number of amides is 1. The summed E-state index contributed by atoms with van der Waals surface area (Å²) in [5, 5.41) is 3.02. The number of hydrogen-bond donors (Lipinski definition) is 1. The molecule has 0 aromatic heterocycles. The Kier molecular flexibility index (Phi) is 2.72. The fourth-order valence-electron chi connectivity index (χ4n) is 5.11. The Labute approximate surface area is 130 Å². The van der Waals surface area contributed by atoms with Crippen LogP contribution in [0.2, 0.25) is 0 Å². The summed E-state index contributed by atoms with van der Waals surface area (Å²) in [5.41, 5.74) is 1.68. The van der Waals surface area contributed by atoms with Crippen LogP contribution in [0.1, 0.15) is 37.3 Å². The topological polar surface area (TPSA) is 55.4 Å². The van der Waals surface area contributed by atoms with E-state index in [4.69, 9.17) is 4.74 Å². The van der Waals surface area contributed by atoms with Crippen molar-refractivity contribution >= 4 is 11.7 Å². The van der Waals surface area contributed by atoms with Gasteiger partial charge in [-0.05, 0) is 55.4 Å². The lowest BCUT2D eigenvalue weighted by atomic mass is 9.47. The molecular formula is C18H21NO3. The van der Waals surface area contributed by atoms with Crippen molar-refractivity contribution in [3.63, 3.8) is 0 Å². The molecule has 1 aromatic rings. The summed E-state index contributed by atoms with van der Waals surface area (Å²) in [6.45, 7) is 2.51. The van der Waals surface area contributed by atoms with Crippen molar-refractivity contribution in [3.05, 3.63) is 29.3 Å². The van der Waals surface area contributed by atoms with Gasteiger partial charge in [-0.1, -0.05) is 6.07 Å². The molecule has 1 saturated carbocycles. The molecule has 3 aliphatic rings. The molecule has 22 heavy (non-hydrogen) atoms. The molecule has 2 fully saturated rings. The number of carbonyl (C=O) groups is 2. The molecule has 2 aliphatic carbocycles. The van der Waals surface area contributed by atoms with E-state index in [-0.39, 0.29) is 23.0 Å². The normalized spacial score (nSPS) is 36.2. The summed E-state index contributed by atoms with van der Waals surface area (Å²) in [4.78, 5) is 25.0. The first-order chi connectivity index (χ1) is 10.5. The lowest BCUT2D eigenvalue weighted by molar-refractivity contribution is -0.157. The first kappa shape index (κ1) is 13.8. The highest BCUT2D eigenvalue weighted by atomic mass is 16.5. The first-order valence-corrected chi connectivity index (χ1v) is 8.01. The smallest absolute Gasteiger partial charge is 0.233 e. The van der Waals surface area contributed by atoms with E-state index < -0.39 is 5.41 Å². The van der Waals surface area contributed by atoms with Gasteiger partial charge in [0, 0.05) is 18.4 Å². The predicted octanol–water partition coefficient (Wildman–Crippen LogP) is 1.99. The van der Waals surface area contributed by atoms with E-state index in [2.05, 4.69) is 17.4 Å². The molecule has 0 radical (unpaired) electrons. The maximum atomic E-state index is 12.5. The Morgan fingerprint density at radius 1 is 1.27 bits per heavy atom. The van der Waals surface area contributed by atoms with Crippen LogP contribution in [-0.4, -0.2) is 25.3 Å². The maximum Gasteiger partial charge on any atom is 0.233 e. The van der Waals surface area contributed by atoms with E-state index in [0.717, 1.165) is 25.0 Å². The maximum absolute atomic E-state index is 12.5. The molecule has 1 saturated heterocycles. The Bertz CT molecular complexity index is 659. The lowest BCUT2D eigenvalue weighted by Crippen LogP contribution is -2.68. The van der Waals surface area contributed by atoms with Crippen molar-refractivity contribution in [1.82, 2.24) is 5.32 Å². The van der Waals surface area contributed by atoms with Crippen LogP contribution in [0.25, 0.3) is 0 Å². The van der Waals surface area contributed by atoms with E-state index in [1.54, 1.807) is 7.11 Å². The van der Waals surface area contributed by atoms with E-state index in [9.17, 15) is 9.59 Å². The monoisotopic (exact) mass is 299 g/mol. The first-order valence-electron chi connectivity index (χ1n) is 8.01. The second-order valence-corrected chi connectivity index (χ2v) is 7.08. The van der Waals surface area contributed by atoms with Crippen LogP contribution in [0, 0.1) is 11.3 Å². The molecule has 116 valence electrons. The molecule has 2 unspecified atom stereocenters. The van der Waals surface area contributed by atoms with Crippen molar-refractivity contribution in [2.75, 3.05) is 13.7 Å². The Morgan fingerprint density at radius 2 is 2.09 bits per heavy atom. The average molecular weight is 299 g/mol. The highest BCUT2D eigenvalue weighted by molar-refractivity contribution is 6.07. The van der Waals surface area contributed by atoms with Crippen molar-refractivity contribution in [2.24, 2.45) is 11.3 Å². The summed E-state index contributed by atoms with van der Waals surface area (Å²) >= 11 is 0. The number of ketones is 1. The lowest BCUT2D eigenvalue weighted by Gasteiger charge is -2.58. The molecule has 4 nitrogen and oxygen atoms in total. The second kappa shape index (κ2) is 4.34. The number of piperidine rings is 1. The fourth-order valence-corrected chi connectivity index (χ4v) is 5.11. The van der Waals surface area contributed by atoms with E-state index in [1.807, 2.05) is 13.0 Å². The van der Waals surface area contributed by atoms with Gasteiger partial charge in [0.05, 0.1) is 7.11 Å². The Hall–Kier alpha value is -1.84. The second-order valence-electron chi connectivity index (χ2n) is 7.08. The van der Waals surface area contributed by atoms with Gasteiger partial charge in [-0.3, -0.25) is 9.59 Å². The quantitative estimate of drug-likeness (QED) is 0.807. The average Bonchev–Trinajstić information content (AvgIpc) is 2.54. The summed E-state index contributed by atoms with van der Waals surface area (Å²) in [6.07, 6.45) is 3.16. The third-order valence-electron chi connectivity index (χ3n) is 6.33. The summed E-state index contributed by atoms with van der Waals surface area (Å²) in [7, 11) is 1.68. The van der Waals surface area contributed by atoms with Crippen LogP contribution < -0.4 is 10.1 Å². The van der Waals surface area contributed by atoms with Gasteiger partial charge in [0.15, 0.2) is 0 Å². The minimum absolute atomic E-state index is 0.0743. The number of benzene rings is 1. The number of fused-ring (bicyclic) bond motifs is 1. The number of nitrogens with one attached hydrogen (secondary N) is 1. The van der Waals surface area contributed by atoms with Crippen molar-refractivity contribution in [3.8, 4) is 5.75 Å². The summed E-state index contributed by atoms with van der Waals surface area (Å²) < 4.78 is 5.35. The molecule has 0 spiro atoms. The number of rotatable bonds is 1. The van der Waals surface area contributed by atoms with Gasteiger partial charge in [-0.2, -0.15) is 0 Å². The van der Waals surface area contributed by atoms with Crippen LogP contribution in [0.4, 0.5) is 0 Å². The van der Waals surface area contributed by atoms with E-state index in [0.29, 0.717) is 13.0 Å². The number of Topliss-reactive ketones (excluding diaryl/α,β-unsaturated/α-hetero) is 1. The number of carbonyl (C=O) groups excluding carboxylic acids is 2. The Balaban J connectivity index is 1.89. The van der Waals surface area contributed by atoms with Gasteiger partial charge < -0.3 is 10.1 Å². The minimum Gasteiger partial charge on any atom is -0.497 e. The fraction of sp³-hybridized carbons (Fsp3) is 0.556. The molecule has 1 aliphatic heterocycles. The third kappa shape index (κ3) is 1.48. The third-order valence-corrected chi connectivity index (χ3v) is 6.33. The molecule has 1 N–H and O–H groups in total. The SMILES string of the molecule is COc1ccc2c(c1)CC[C@@H]1C3(C)C(=O)CCC21CNC3=O. The molecule has 1 heterocycles. The molecule has 4 heteroatoms. The van der Waals surface area contributed by atoms with Crippen molar-refractivity contribution < 1.29 is 14.3 Å². The van der Waals surface area contributed by atoms with Gasteiger partial charge in [0.2, 0.25) is 5.91 Å². The number of aryl methyl sites for hydroxylation is 1. The van der Waals surface area contributed by atoms with Crippen LogP contribution in [-0.2, 0) is 21.4 Å². The van der Waals surface area contributed by atoms with E-state index >= 15 is 0 Å². The van der Waals surface area contributed by atoms with Crippen LogP contribution in [0.15, 0.2) is 18.2 Å². The summed E-state index contributed by atoms with van der Waals surface area (Å²) in [5.74, 6) is 1.04. The van der Waals surface area contributed by atoms with Crippen molar-refractivity contribution in [2.45, 2.75) is 38.0 Å². The molecule has 1 amide bonds. The minimum atomic E-state index is -0.853. The highest BCUT2D eigenvalue weighted by Crippen LogP contribution is 2.58. The van der Waals surface area contributed by atoms with Crippen molar-refractivity contribution in [1.29, 1.82) is 0 Å². The molecule has 4 rings (SSSR count). The van der Waals surface area contributed by atoms with Gasteiger partial charge in [-0.15, -0.1) is 0 Å². The standard InChI is InChI=1S/C18H21NO3/c1-17-14-6-3-11-9-12(22-2)4-5-13(11)18(14,8-7-15(17)20)10-19-16(17)21/h4-5,9,14H,3,6-8,10H2,1-2H3,(H,19,21)/t14-,17?,18?/m1/s1. The molecule has 3 atom stereocenters. The highest BCUT2D eigenvalue weighted by Gasteiger charge is 2.63. The predicted molar refractivity (Wildman–Crippen MR) is 81.8 cm³/mol. The molecule has 1 aromatic carbocycles. The van der Waals surface area contributed by atoms with Gasteiger partial charge >= 0.3 is 0 Å².